The fourth-order valence-corrected chi connectivity index (χ4v) is 3.37. The van der Waals surface area contributed by atoms with Gasteiger partial charge in [-0.1, -0.05) is 43.3 Å². The van der Waals surface area contributed by atoms with E-state index in [1.807, 2.05) is 13.8 Å². The fraction of sp³-hybridized carbons (Fsp3) is 0.480. The average molecular weight is 518 g/mol. The summed E-state index contributed by atoms with van der Waals surface area (Å²) in [7, 11) is 1.22. The van der Waals surface area contributed by atoms with Crippen LogP contribution >= 0.6 is 0 Å². The number of nitrogens with zero attached hydrogens (tertiary/aromatic N) is 2. The van der Waals surface area contributed by atoms with E-state index in [0.717, 1.165) is 6.26 Å². The Bertz CT molecular complexity index is 1100. The molecule has 0 spiro atoms. The zero-order valence-electron chi connectivity index (χ0n) is 21.9. The number of carbonyl (C=O) groups is 3. The maximum Gasteiger partial charge on any atom is 0.408 e. The largest absolute Gasteiger partial charge is 0.467 e. The number of nitrogens with one attached hydrogen (secondary N) is 2. The third-order valence-electron chi connectivity index (χ3n) is 5.04. The number of alkyl carbamates (subject to hydrolysis) is 1. The summed E-state index contributed by atoms with van der Waals surface area (Å²) in [4.78, 5) is 41.8. The number of carbonyl (C=O) groups excluding carboxylic acids is 3. The monoisotopic (exact) mass is 517 g/mol. The fourth-order valence-electron chi connectivity index (χ4n) is 3.37. The van der Waals surface area contributed by atoms with Crippen LogP contribution in [0, 0.1) is 5.92 Å². The summed E-state index contributed by atoms with van der Waals surface area (Å²) in [5, 5.41) is 17.1. The van der Waals surface area contributed by atoms with Crippen molar-refractivity contribution in [1.29, 1.82) is 0 Å². The van der Waals surface area contributed by atoms with Crippen molar-refractivity contribution in [2.24, 2.45) is 16.8 Å². The second-order valence-electron chi connectivity index (χ2n) is 9.83. The van der Waals surface area contributed by atoms with Crippen LogP contribution in [0.2, 0.25) is 0 Å². The van der Waals surface area contributed by atoms with Crippen molar-refractivity contribution in [3.8, 4) is 0 Å². The van der Waals surface area contributed by atoms with E-state index >= 15 is 0 Å². The van der Waals surface area contributed by atoms with Gasteiger partial charge in [-0.25, -0.2) is 14.6 Å². The number of rotatable bonds is 10. The van der Waals surface area contributed by atoms with E-state index in [9.17, 15) is 14.4 Å². The maximum absolute atomic E-state index is 12.9. The van der Waals surface area contributed by atoms with Crippen molar-refractivity contribution < 1.29 is 33.5 Å². The molecule has 0 saturated heterocycles. The Morgan fingerprint density at radius 1 is 1.16 bits per heavy atom. The standard InChI is InChI=1S/C25H35N5O7/c1-14(2)11-17(29-24(33)37-25(3,4)5)22-28-19(13-36-22)21(31)27-18(23(32)35-6)12-15-7-9-16(10-8-15)20(26)30-34/h7-10,13-14,17-18,34H,11-12H2,1-6H3,(H2,26,30)(H,27,31)(H,29,33)/t17-,18-/m0/s1. The first kappa shape index (κ1) is 29.1. The highest BCUT2D eigenvalue weighted by Gasteiger charge is 2.28. The molecule has 0 aliphatic rings. The third kappa shape index (κ3) is 9.13. The van der Waals surface area contributed by atoms with Crippen LogP contribution in [-0.2, 0) is 20.7 Å². The zero-order valence-corrected chi connectivity index (χ0v) is 21.9. The molecular weight excluding hydrogens is 482 g/mol. The molecule has 0 aliphatic carbocycles. The molecule has 2 atom stereocenters. The summed E-state index contributed by atoms with van der Waals surface area (Å²) in [5.74, 6) is -1.04. The van der Waals surface area contributed by atoms with Crippen LogP contribution in [0.4, 0.5) is 4.79 Å². The number of benzene rings is 1. The lowest BCUT2D eigenvalue weighted by Gasteiger charge is -2.23. The molecule has 0 bridgehead atoms. The van der Waals surface area contributed by atoms with E-state index in [4.69, 9.17) is 24.8 Å². The molecule has 0 saturated carbocycles. The second kappa shape index (κ2) is 12.7. The molecule has 0 unspecified atom stereocenters. The molecule has 1 aromatic carbocycles. The van der Waals surface area contributed by atoms with Gasteiger partial charge in [0.25, 0.3) is 5.91 Å². The van der Waals surface area contributed by atoms with Gasteiger partial charge in [-0.15, -0.1) is 0 Å². The summed E-state index contributed by atoms with van der Waals surface area (Å²) in [5.41, 5.74) is 6.02. The van der Waals surface area contributed by atoms with Crippen molar-refractivity contribution in [3.05, 3.63) is 53.2 Å². The minimum absolute atomic E-state index is 0.0527. The molecular formula is C25H35N5O7. The van der Waals surface area contributed by atoms with Gasteiger partial charge in [0.1, 0.15) is 23.9 Å². The Balaban J connectivity index is 2.16. The minimum Gasteiger partial charge on any atom is -0.467 e. The van der Waals surface area contributed by atoms with E-state index < -0.39 is 35.7 Å². The van der Waals surface area contributed by atoms with E-state index in [2.05, 4.69) is 20.8 Å². The number of amides is 2. The SMILES string of the molecule is COC(=O)[C@H](Cc1ccc(C(N)=NO)cc1)NC(=O)c1coc([C@H](CC(C)C)NC(=O)OC(C)(C)C)n1. The number of hydrogen-bond acceptors (Lipinski definition) is 9. The highest BCUT2D eigenvalue weighted by molar-refractivity contribution is 5.97. The molecule has 5 N–H and O–H groups in total. The normalized spacial score (nSPS) is 13.5. The van der Waals surface area contributed by atoms with Crippen LogP contribution in [0.5, 0.6) is 0 Å². The Labute approximate surface area is 215 Å². The van der Waals surface area contributed by atoms with Gasteiger partial charge in [0.2, 0.25) is 5.89 Å². The molecule has 37 heavy (non-hydrogen) atoms. The second-order valence-corrected chi connectivity index (χ2v) is 9.83. The Hall–Kier alpha value is -4.09. The van der Waals surface area contributed by atoms with Crippen LogP contribution in [-0.4, -0.2) is 52.7 Å². The Morgan fingerprint density at radius 2 is 1.81 bits per heavy atom. The number of oxazole rings is 1. The number of nitrogens with two attached hydrogens (primary N) is 1. The molecule has 12 heteroatoms. The molecule has 2 aromatic rings. The first-order chi connectivity index (χ1) is 17.3. The molecule has 202 valence electrons. The molecule has 1 aromatic heterocycles. The molecule has 2 amide bonds. The van der Waals surface area contributed by atoms with Gasteiger partial charge in [0, 0.05) is 12.0 Å². The van der Waals surface area contributed by atoms with Gasteiger partial charge in [-0.2, -0.15) is 0 Å². The topological polar surface area (TPSA) is 178 Å². The van der Waals surface area contributed by atoms with E-state index in [0.29, 0.717) is 17.5 Å². The van der Waals surface area contributed by atoms with Crippen molar-refractivity contribution in [1.82, 2.24) is 15.6 Å². The summed E-state index contributed by atoms with van der Waals surface area (Å²) < 4.78 is 15.7. The summed E-state index contributed by atoms with van der Waals surface area (Å²) in [6.07, 6.45) is 1.14. The minimum atomic E-state index is -1.02. The number of aromatic nitrogens is 1. The number of esters is 1. The van der Waals surface area contributed by atoms with Crippen LogP contribution in [0.25, 0.3) is 0 Å². The summed E-state index contributed by atoms with van der Waals surface area (Å²) in [6.45, 7) is 9.20. The molecule has 0 fully saturated rings. The summed E-state index contributed by atoms with van der Waals surface area (Å²) in [6, 6.07) is 4.97. The smallest absolute Gasteiger partial charge is 0.408 e. The van der Waals surface area contributed by atoms with Crippen molar-refractivity contribution in [2.45, 2.75) is 65.1 Å². The lowest BCUT2D eigenvalue weighted by Crippen LogP contribution is -2.43. The van der Waals surface area contributed by atoms with Crippen LogP contribution in [0.3, 0.4) is 0 Å². The van der Waals surface area contributed by atoms with Crippen molar-refractivity contribution >= 4 is 23.8 Å². The first-order valence-electron chi connectivity index (χ1n) is 11.7. The third-order valence-corrected chi connectivity index (χ3v) is 5.04. The quantitative estimate of drug-likeness (QED) is 0.121. The Morgan fingerprint density at radius 3 is 2.35 bits per heavy atom. The van der Waals surface area contributed by atoms with Crippen LogP contribution < -0.4 is 16.4 Å². The molecule has 12 nitrogen and oxygen atoms in total. The number of ether oxygens (including phenoxy) is 2. The van der Waals surface area contributed by atoms with Crippen LogP contribution in [0.15, 0.2) is 40.1 Å². The summed E-state index contributed by atoms with van der Waals surface area (Å²) >= 11 is 0. The number of oxime groups is 1. The van der Waals surface area contributed by atoms with Gasteiger partial charge in [-0.05, 0) is 38.7 Å². The predicted molar refractivity (Wildman–Crippen MR) is 134 cm³/mol. The van der Waals surface area contributed by atoms with Crippen molar-refractivity contribution in [2.75, 3.05) is 7.11 Å². The van der Waals surface area contributed by atoms with Gasteiger partial charge in [0.15, 0.2) is 11.5 Å². The van der Waals surface area contributed by atoms with E-state index in [-0.39, 0.29) is 29.8 Å². The average Bonchev–Trinajstić information content (AvgIpc) is 3.31. The van der Waals surface area contributed by atoms with Gasteiger partial charge >= 0.3 is 12.1 Å². The number of hydrogen-bond donors (Lipinski definition) is 4. The van der Waals surface area contributed by atoms with E-state index in [1.165, 1.54) is 7.11 Å². The maximum atomic E-state index is 12.9. The lowest BCUT2D eigenvalue weighted by atomic mass is 10.0. The highest BCUT2D eigenvalue weighted by Crippen LogP contribution is 2.22. The molecule has 0 radical (unpaired) electrons. The lowest BCUT2D eigenvalue weighted by molar-refractivity contribution is -0.142. The zero-order chi connectivity index (χ0) is 27.8. The number of methoxy groups -OCH3 is 1. The predicted octanol–water partition coefficient (Wildman–Crippen LogP) is 2.90. The highest BCUT2D eigenvalue weighted by atomic mass is 16.6. The molecule has 2 rings (SSSR count). The van der Waals surface area contributed by atoms with Gasteiger partial charge < -0.3 is 35.5 Å². The molecule has 0 aliphatic heterocycles. The number of amidine groups is 1. The van der Waals surface area contributed by atoms with Crippen molar-refractivity contribution in [3.63, 3.8) is 0 Å². The van der Waals surface area contributed by atoms with Gasteiger partial charge in [0.05, 0.1) is 7.11 Å². The van der Waals surface area contributed by atoms with Crippen LogP contribution in [0.1, 0.15) is 74.6 Å². The molecule has 1 heterocycles. The van der Waals surface area contributed by atoms with E-state index in [1.54, 1.807) is 45.0 Å². The first-order valence-corrected chi connectivity index (χ1v) is 11.7. The Kier molecular flexibility index (Phi) is 10.0. The van der Waals surface area contributed by atoms with Gasteiger partial charge in [-0.3, -0.25) is 4.79 Å².